The standard InChI is InChI=1S/C20H23FN6O2/c1-4-23-18-13(9-22)10-24-20(26-18)25-16-7-12(2)15(8-17(16)29-3)19(28)27-6-5-14(21)11-27/h7-8,10,14H,4-6,11H2,1-3H3,(H2,23,24,25,26). The fourth-order valence-corrected chi connectivity index (χ4v) is 3.20. The van der Waals surface area contributed by atoms with Crippen LogP contribution in [0, 0.1) is 18.3 Å². The van der Waals surface area contributed by atoms with Gasteiger partial charge in [0.2, 0.25) is 5.95 Å². The number of nitrogens with zero attached hydrogens (tertiary/aromatic N) is 4. The van der Waals surface area contributed by atoms with Crippen LogP contribution in [0.4, 0.5) is 21.8 Å². The van der Waals surface area contributed by atoms with Crippen molar-refractivity contribution in [1.82, 2.24) is 14.9 Å². The number of ether oxygens (including phenoxy) is 1. The fourth-order valence-electron chi connectivity index (χ4n) is 3.20. The minimum atomic E-state index is -0.971. The zero-order chi connectivity index (χ0) is 21.0. The van der Waals surface area contributed by atoms with Gasteiger partial charge in [-0.05, 0) is 38.0 Å². The van der Waals surface area contributed by atoms with Crippen LogP contribution in [0.15, 0.2) is 18.3 Å². The molecular weight excluding hydrogens is 375 g/mol. The van der Waals surface area contributed by atoms with E-state index in [1.807, 2.05) is 19.9 Å². The third kappa shape index (κ3) is 4.37. The van der Waals surface area contributed by atoms with Gasteiger partial charge in [0.25, 0.3) is 5.91 Å². The number of aromatic nitrogens is 2. The van der Waals surface area contributed by atoms with Crippen molar-refractivity contribution < 1.29 is 13.9 Å². The van der Waals surface area contributed by atoms with Crippen LogP contribution in [0.5, 0.6) is 5.75 Å². The van der Waals surface area contributed by atoms with Gasteiger partial charge in [-0.2, -0.15) is 10.2 Å². The molecule has 1 aromatic heterocycles. The molecule has 1 unspecified atom stereocenters. The molecule has 1 aliphatic rings. The highest BCUT2D eigenvalue weighted by Gasteiger charge is 2.28. The summed E-state index contributed by atoms with van der Waals surface area (Å²) in [5, 5.41) is 15.3. The van der Waals surface area contributed by atoms with Gasteiger partial charge in [0.05, 0.1) is 25.5 Å². The van der Waals surface area contributed by atoms with Crippen LogP contribution in [0.3, 0.4) is 0 Å². The number of nitrogens with one attached hydrogen (secondary N) is 2. The maximum atomic E-state index is 13.5. The van der Waals surface area contributed by atoms with Crippen molar-refractivity contribution in [2.24, 2.45) is 0 Å². The second-order valence-electron chi connectivity index (χ2n) is 6.73. The smallest absolute Gasteiger partial charge is 0.254 e. The molecule has 3 rings (SSSR count). The van der Waals surface area contributed by atoms with Crippen molar-refractivity contribution in [1.29, 1.82) is 5.26 Å². The lowest BCUT2D eigenvalue weighted by Gasteiger charge is -2.19. The van der Waals surface area contributed by atoms with Gasteiger partial charge in [-0.15, -0.1) is 0 Å². The number of halogens is 1. The van der Waals surface area contributed by atoms with Gasteiger partial charge in [0.15, 0.2) is 0 Å². The summed E-state index contributed by atoms with van der Waals surface area (Å²) in [5.41, 5.74) is 2.12. The highest BCUT2D eigenvalue weighted by Crippen LogP contribution is 2.31. The van der Waals surface area contributed by atoms with E-state index in [-0.39, 0.29) is 18.4 Å². The maximum Gasteiger partial charge on any atom is 0.254 e. The van der Waals surface area contributed by atoms with Crippen LogP contribution in [0.2, 0.25) is 0 Å². The number of hydrogen-bond acceptors (Lipinski definition) is 7. The lowest BCUT2D eigenvalue weighted by Crippen LogP contribution is -2.29. The van der Waals surface area contributed by atoms with Crippen molar-refractivity contribution in [3.8, 4) is 11.8 Å². The van der Waals surface area contributed by atoms with E-state index in [2.05, 4.69) is 20.6 Å². The molecule has 2 N–H and O–H groups in total. The normalized spacial score (nSPS) is 15.7. The Morgan fingerprint density at radius 1 is 1.48 bits per heavy atom. The van der Waals surface area contributed by atoms with Gasteiger partial charge in [0, 0.05) is 18.7 Å². The van der Waals surface area contributed by atoms with Gasteiger partial charge in [-0.25, -0.2) is 9.37 Å². The lowest BCUT2D eigenvalue weighted by molar-refractivity contribution is 0.0782. The highest BCUT2D eigenvalue weighted by molar-refractivity contribution is 5.97. The van der Waals surface area contributed by atoms with Gasteiger partial charge >= 0.3 is 0 Å². The Balaban J connectivity index is 1.89. The molecule has 1 saturated heterocycles. The summed E-state index contributed by atoms with van der Waals surface area (Å²) in [4.78, 5) is 22.8. The topological polar surface area (TPSA) is 103 Å². The second-order valence-corrected chi connectivity index (χ2v) is 6.73. The number of amides is 1. The molecule has 2 aromatic rings. The van der Waals surface area contributed by atoms with Gasteiger partial charge in [-0.1, -0.05) is 0 Å². The molecule has 0 bridgehead atoms. The number of methoxy groups -OCH3 is 1. The number of carbonyl (C=O) groups excluding carboxylic acids is 1. The van der Waals surface area contributed by atoms with Crippen molar-refractivity contribution in [2.75, 3.05) is 37.4 Å². The Labute approximate surface area is 168 Å². The number of carbonyl (C=O) groups is 1. The first-order valence-corrected chi connectivity index (χ1v) is 9.36. The van der Waals surface area contributed by atoms with Gasteiger partial charge in [-0.3, -0.25) is 4.79 Å². The van der Waals surface area contributed by atoms with Crippen molar-refractivity contribution in [3.63, 3.8) is 0 Å². The zero-order valence-corrected chi connectivity index (χ0v) is 16.6. The van der Waals surface area contributed by atoms with E-state index in [4.69, 9.17) is 10.00 Å². The van der Waals surface area contributed by atoms with Crippen molar-refractivity contribution >= 4 is 23.4 Å². The van der Waals surface area contributed by atoms with Crippen molar-refractivity contribution in [2.45, 2.75) is 26.4 Å². The average Bonchev–Trinajstić information content (AvgIpc) is 3.14. The summed E-state index contributed by atoms with van der Waals surface area (Å²) in [6.07, 6.45) is 0.832. The minimum absolute atomic E-state index is 0.118. The highest BCUT2D eigenvalue weighted by atomic mass is 19.1. The average molecular weight is 398 g/mol. The number of anilines is 3. The van der Waals surface area contributed by atoms with Crippen LogP contribution in [-0.4, -0.2) is 53.7 Å². The zero-order valence-electron chi connectivity index (χ0n) is 16.6. The molecule has 1 aliphatic heterocycles. The molecule has 0 aliphatic carbocycles. The molecule has 152 valence electrons. The van der Waals surface area contributed by atoms with E-state index < -0.39 is 6.17 Å². The van der Waals surface area contributed by atoms with E-state index in [1.54, 1.807) is 12.1 Å². The van der Waals surface area contributed by atoms with Crippen LogP contribution in [-0.2, 0) is 0 Å². The van der Waals surface area contributed by atoms with Crippen LogP contribution >= 0.6 is 0 Å². The Kier molecular flexibility index (Phi) is 6.12. The van der Waals surface area contributed by atoms with Crippen LogP contribution in [0.25, 0.3) is 0 Å². The molecule has 1 atom stereocenters. The molecule has 9 heteroatoms. The summed E-state index contributed by atoms with van der Waals surface area (Å²) >= 11 is 0. The molecule has 1 amide bonds. The van der Waals surface area contributed by atoms with Crippen LogP contribution < -0.4 is 15.4 Å². The Morgan fingerprint density at radius 3 is 2.90 bits per heavy atom. The fraction of sp³-hybridized carbons (Fsp3) is 0.400. The van der Waals surface area contributed by atoms with E-state index in [0.717, 1.165) is 5.56 Å². The Bertz CT molecular complexity index is 959. The number of alkyl halides is 1. The van der Waals surface area contributed by atoms with E-state index in [9.17, 15) is 9.18 Å². The summed E-state index contributed by atoms with van der Waals surface area (Å²) in [6.45, 7) is 4.86. The first-order chi connectivity index (χ1) is 14.0. The van der Waals surface area contributed by atoms with Gasteiger partial charge in [0.1, 0.15) is 29.4 Å². The number of aryl methyl sites for hydroxylation is 1. The molecule has 29 heavy (non-hydrogen) atoms. The first-order valence-electron chi connectivity index (χ1n) is 9.36. The minimum Gasteiger partial charge on any atom is -0.495 e. The molecule has 2 heterocycles. The number of nitriles is 1. The molecule has 0 spiro atoms. The summed E-state index contributed by atoms with van der Waals surface area (Å²) < 4.78 is 18.9. The number of hydrogen-bond donors (Lipinski definition) is 2. The molecular formula is C20H23FN6O2. The summed E-state index contributed by atoms with van der Waals surface area (Å²) in [5.74, 6) is 0.950. The number of benzene rings is 1. The first kappa shape index (κ1) is 20.3. The third-order valence-electron chi connectivity index (χ3n) is 4.69. The monoisotopic (exact) mass is 398 g/mol. The van der Waals surface area contributed by atoms with Gasteiger partial charge < -0.3 is 20.3 Å². The number of rotatable bonds is 6. The Morgan fingerprint density at radius 2 is 2.28 bits per heavy atom. The van der Waals surface area contributed by atoms with Crippen molar-refractivity contribution in [3.05, 3.63) is 35.0 Å². The molecule has 1 fully saturated rings. The maximum absolute atomic E-state index is 13.5. The summed E-state index contributed by atoms with van der Waals surface area (Å²) in [7, 11) is 1.50. The SMILES string of the molecule is CCNc1nc(Nc2cc(C)c(C(=O)N3CCC(F)C3)cc2OC)ncc1C#N. The Hall–Kier alpha value is -3.41. The third-order valence-corrected chi connectivity index (χ3v) is 4.69. The van der Waals surface area contributed by atoms with E-state index >= 15 is 0 Å². The molecule has 0 saturated carbocycles. The predicted molar refractivity (Wildman–Crippen MR) is 107 cm³/mol. The predicted octanol–water partition coefficient (Wildman–Crippen LogP) is 3.02. The number of likely N-dealkylation sites (tertiary alicyclic amines) is 1. The quantitative estimate of drug-likeness (QED) is 0.771. The van der Waals surface area contributed by atoms with E-state index in [0.29, 0.717) is 47.9 Å². The van der Waals surface area contributed by atoms with E-state index in [1.165, 1.54) is 18.2 Å². The molecule has 1 aromatic carbocycles. The second kappa shape index (κ2) is 8.73. The molecule has 8 nitrogen and oxygen atoms in total. The lowest BCUT2D eigenvalue weighted by atomic mass is 10.1. The summed E-state index contributed by atoms with van der Waals surface area (Å²) in [6, 6.07) is 5.45. The largest absolute Gasteiger partial charge is 0.495 e. The van der Waals surface area contributed by atoms with Crippen LogP contribution in [0.1, 0.15) is 34.8 Å². The molecule has 0 radical (unpaired) electrons.